The average molecular weight is 433 g/mol. The van der Waals surface area contributed by atoms with Crippen LogP contribution in [-0.2, 0) is 30.5 Å². The van der Waals surface area contributed by atoms with E-state index in [9.17, 15) is 4.79 Å². The number of benzene rings is 1. The van der Waals surface area contributed by atoms with Gasteiger partial charge in [-0.3, -0.25) is 4.79 Å². The van der Waals surface area contributed by atoms with E-state index < -0.39 is 0 Å². The highest BCUT2D eigenvalue weighted by molar-refractivity contribution is 6.34. The maximum Gasteiger partial charge on any atom is 0.256 e. The van der Waals surface area contributed by atoms with Gasteiger partial charge in [0.25, 0.3) is 5.91 Å². The summed E-state index contributed by atoms with van der Waals surface area (Å²) in [6.07, 6.45) is 15.0. The fourth-order valence-electron chi connectivity index (χ4n) is 5.55. The lowest BCUT2D eigenvalue weighted by Crippen LogP contribution is -2.21. The number of anilines is 1. The molecule has 4 heteroatoms. The highest BCUT2D eigenvalue weighted by atomic mass is 16.3. The largest absolute Gasteiger partial charge is 0.461 e. The summed E-state index contributed by atoms with van der Waals surface area (Å²) in [7, 11) is 0. The average Bonchev–Trinajstić information content (AvgIpc) is 3.52. The molecule has 2 aliphatic heterocycles. The molecule has 1 N–H and O–H groups in total. The summed E-state index contributed by atoms with van der Waals surface area (Å²) in [6, 6.07) is 6.46. The molecule has 1 aromatic heterocycles. The fraction of sp³-hybridized carbons (Fsp3) is 0.536. The number of fused-ring (bicyclic) bond motifs is 2. The van der Waals surface area contributed by atoms with E-state index in [1.54, 1.807) is 0 Å². The molecule has 0 spiro atoms. The van der Waals surface area contributed by atoms with Gasteiger partial charge in [-0.1, -0.05) is 25.8 Å². The summed E-state index contributed by atoms with van der Waals surface area (Å²) in [6.45, 7) is 5.79. The normalized spacial score (nSPS) is 19.4. The second kappa shape index (κ2) is 9.66. The van der Waals surface area contributed by atoms with E-state index in [1.165, 1.54) is 74.7 Å². The van der Waals surface area contributed by atoms with Crippen molar-refractivity contribution < 1.29 is 9.21 Å². The molecule has 0 saturated carbocycles. The molecule has 0 unspecified atom stereocenters. The van der Waals surface area contributed by atoms with E-state index in [-0.39, 0.29) is 5.91 Å². The fourth-order valence-corrected chi connectivity index (χ4v) is 5.55. The van der Waals surface area contributed by atoms with Crippen LogP contribution in [0.5, 0.6) is 0 Å². The topological polar surface area (TPSA) is 45.5 Å². The number of nitrogens with zero attached hydrogens (tertiary/aromatic N) is 1. The minimum atomic E-state index is -0.00873. The molecule has 1 saturated heterocycles. The van der Waals surface area contributed by atoms with Crippen LogP contribution in [0, 0.1) is 0 Å². The van der Waals surface area contributed by atoms with Crippen LogP contribution in [0.3, 0.4) is 0 Å². The summed E-state index contributed by atoms with van der Waals surface area (Å²) in [5.74, 6) is 2.08. The number of carbonyl (C=O) groups excluding carboxylic acids is 1. The van der Waals surface area contributed by atoms with E-state index in [0.29, 0.717) is 0 Å². The van der Waals surface area contributed by atoms with Crippen molar-refractivity contribution >= 4 is 23.2 Å². The first-order valence-corrected chi connectivity index (χ1v) is 12.7. The van der Waals surface area contributed by atoms with E-state index >= 15 is 0 Å². The SMILES string of the molecule is CCCCCc1c(C=C2C(=O)Nc3ccc(CCN4CCCC4)cc32)oc2c1CCCC2. The first kappa shape index (κ1) is 21.5. The number of carbonyl (C=O) groups is 1. The van der Waals surface area contributed by atoms with Gasteiger partial charge in [0, 0.05) is 29.8 Å². The van der Waals surface area contributed by atoms with E-state index in [2.05, 4.69) is 35.3 Å². The Kier molecular flexibility index (Phi) is 6.49. The lowest BCUT2D eigenvalue weighted by molar-refractivity contribution is -0.110. The molecule has 0 radical (unpaired) electrons. The number of unbranched alkanes of at least 4 members (excludes halogenated alkanes) is 2. The Labute approximate surface area is 192 Å². The van der Waals surface area contributed by atoms with Crippen molar-refractivity contribution in [1.29, 1.82) is 0 Å². The van der Waals surface area contributed by atoms with Gasteiger partial charge < -0.3 is 14.6 Å². The monoisotopic (exact) mass is 432 g/mol. The molecule has 3 heterocycles. The lowest BCUT2D eigenvalue weighted by atomic mass is 9.91. The van der Waals surface area contributed by atoms with Gasteiger partial charge in [-0.05, 0) is 93.8 Å². The van der Waals surface area contributed by atoms with Gasteiger partial charge in [-0.15, -0.1) is 0 Å². The highest BCUT2D eigenvalue weighted by Crippen LogP contribution is 2.37. The second-order valence-electron chi connectivity index (χ2n) is 9.70. The van der Waals surface area contributed by atoms with Gasteiger partial charge in [-0.2, -0.15) is 0 Å². The molecule has 1 amide bonds. The van der Waals surface area contributed by atoms with Gasteiger partial charge in [0.05, 0.1) is 5.57 Å². The van der Waals surface area contributed by atoms with Gasteiger partial charge >= 0.3 is 0 Å². The molecule has 170 valence electrons. The van der Waals surface area contributed by atoms with Crippen molar-refractivity contribution in [3.8, 4) is 0 Å². The molecular weight excluding hydrogens is 396 g/mol. The van der Waals surface area contributed by atoms with Crippen LogP contribution in [0.15, 0.2) is 22.6 Å². The van der Waals surface area contributed by atoms with Crippen molar-refractivity contribution in [2.24, 2.45) is 0 Å². The van der Waals surface area contributed by atoms with E-state index in [1.807, 2.05) is 6.08 Å². The number of nitrogens with one attached hydrogen (secondary N) is 1. The molecule has 32 heavy (non-hydrogen) atoms. The molecule has 1 fully saturated rings. The minimum absolute atomic E-state index is 0.00873. The summed E-state index contributed by atoms with van der Waals surface area (Å²) in [5.41, 5.74) is 6.80. The summed E-state index contributed by atoms with van der Waals surface area (Å²) in [4.78, 5) is 15.4. The zero-order valence-electron chi connectivity index (χ0n) is 19.5. The van der Waals surface area contributed by atoms with Gasteiger partial charge in [0.1, 0.15) is 11.5 Å². The zero-order chi connectivity index (χ0) is 21.9. The quantitative estimate of drug-likeness (QED) is 0.410. The number of furan rings is 1. The van der Waals surface area contributed by atoms with Crippen LogP contribution in [0.25, 0.3) is 11.6 Å². The van der Waals surface area contributed by atoms with Crippen LogP contribution in [0.4, 0.5) is 5.69 Å². The van der Waals surface area contributed by atoms with Crippen molar-refractivity contribution in [3.63, 3.8) is 0 Å². The molecule has 5 rings (SSSR count). The number of likely N-dealkylation sites (tertiary alicyclic amines) is 1. The second-order valence-corrected chi connectivity index (χ2v) is 9.70. The number of rotatable bonds is 8. The third-order valence-corrected chi connectivity index (χ3v) is 7.40. The molecule has 3 aliphatic rings. The van der Waals surface area contributed by atoms with Crippen LogP contribution in [0.2, 0.25) is 0 Å². The Balaban J connectivity index is 1.43. The Hall–Kier alpha value is -2.33. The smallest absolute Gasteiger partial charge is 0.256 e. The van der Waals surface area contributed by atoms with Crippen LogP contribution in [0.1, 0.15) is 85.6 Å². The predicted molar refractivity (Wildman–Crippen MR) is 131 cm³/mol. The number of hydrogen-bond donors (Lipinski definition) is 1. The summed E-state index contributed by atoms with van der Waals surface area (Å²) < 4.78 is 6.38. The molecule has 1 aromatic carbocycles. The Morgan fingerprint density at radius 1 is 1.06 bits per heavy atom. The Morgan fingerprint density at radius 2 is 1.91 bits per heavy atom. The Morgan fingerprint density at radius 3 is 2.75 bits per heavy atom. The molecular formula is C28H36N2O2. The molecule has 0 atom stereocenters. The van der Waals surface area contributed by atoms with Crippen LogP contribution >= 0.6 is 0 Å². The first-order valence-electron chi connectivity index (χ1n) is 12.7. The Bertz CT molecular complexity index is 1010. The van der Waals surface area contributed by atoms with Gasteiger partial charge in [-0.25, -0.2) is 0 Å². The van der Waals surface area contributed by atoms with Crippen molar-refractivity contribution in [2.75, 3.05) is 25.0 Å². The standard InChI is InChI=1S/C28H36N2O2/c1-2-3-4-9-22-21-10-5-6-11-26(21)32-27(22)19-24-23-18-20(12-13-25(23)29-28(24)31)14-17-30-15-7-8-16-30/h12-13,18-19H,2-11,14-17H2,1H3,(H,29,31). The zero-order valence-corrected chi connectivity index (χ0v) is 19.5. The molecule has 4 nitrogen and oxygen atoms in total. The lowest BCUT2D eigenvalue weighted by Gasteiger charge is -2.14. The van der Waals surface area contributed by atoms with Crippen molar-refractivity contribution in [1.82, 2.24) is 4.90 Å². The molecule has 2 aromatic rings. The maximum atomic E-state index is 12.9. The van der Waals surface area contributed by atoms with E-state index in [4.69, 9.17) is 4.42 Å². The van der Waals surface area contributed by atoms with Crippen molar-refractivity contribution in [2.45, 2.75) is 77.6 Å². The third-order valence-electron chi connectivity index (χ3n) is 7.40. The number of aryl methyl sites for hydroxylation is 1. The van der Waals surface area contributed by atoms with Gasteiger partial charge in [0.15, 0.2) is 0 Å². The molecule has 1 aliphatic carbocycles. The van der Waals surface area contributed by atoms with Crippen LogP contribution < -0.4 is 5.32 Å². The number of amides is 1. The highest BCUT2D eigenvalue weighted by Gasteiger charge is 2.27. The summed E-state index contributed by atoms with van der Waals surface area (Å²) >= 11 is 0. The first-order chi connectivity index (χ1) is 15.7. The summed E-state index contributed by atoms with van der Waals surface area (Å²) in [5, 5.41) is 3.07. The van der Waals surface area contributed by atoms with E-state index in [0.717, 1.165) is 60.6 Å². The van der Waals surface area contributed by atoms with Gasteiger partial charge in [0.2, 0.25) is 0 Å². The van der Waals surface area contributed by atoms with Crippen LogP contribution in [-0.4, -0.2) is 30.4 Å². The third kappa shape index (κ3) is 4.43. The molecule has 0 bridgehead atoms. The minimum Gasteiger partial charge on any atom is -0.461 e. The number of hydrogen-bond acceptors (Lipinski definition) is 3. The van der Waals surface area contributed by atoms with Crippen molar-refractivity contribution in [3.05, 3.63) is 52.0 Å². The maximum absolute atomic E-state index is 12.9. The predicted octanol–water partition coefficient (Wildman–Crippen LogP) is 6.02.